The molecule has 6 nitrogen and oxygen atoms in total. The third kappa shape index (κ3) is 3.16. The number of nitrogens with one attached hydrogen (secondary N) is 1. The van der Waals surface area contributed by atoms with E-state index in [1.54, 1.807) is 4.90 Å². The lowest BCUT2D eigenvalue weighted by atomic mass is 10.1. The highest BCUT2D eigenvalue weighted by atomic mass is 35.5. The van der Waals surface area contributed by atoms with Gasteiger partial charge in [0.1, 0.15) is 0 Å². The molecule has 0 aliphatic carbocycles. The van der Waals surface area contributed by atoms with Crippen molar-refractivity contribution in [1.29, 1.82) is 0 Å². The average Bonchev–Trinajstić information content (AvgIpc) is 3.06. The largest absolute Gasteiger partial charge is 0.338 e. The van der Waals surface area contributed by atoms with E-state index in [2.05, 4.69) is 20.6 Å². The van der Waals surface area contributed by atoms with Gasteiger partial charge in [0, 0.05) is 19.0 Å². The maximum atomic E-state index is 12.5. The number of likely N-dealkylation sites (N-methyl/N-ethyl adjacent to an activating group) is 1. The number of hydrogen-bond acceptors (Lipinski definition) is 5. The lowest BCUT2D eigenvalue weighted by molar-refractivity contribution is 0.0760. The van der Waals surface area contributed by atoms with E-state index >= 15 is 0 Å². The molecule has 1 unspecified atom stereocenters. The lowest BCUT2D eigenvalue weighted by Crippen LogP contribution is -2.33. The zero-order valence-corrected chi connectivity index (χ0v) is 13.1. The van der Waals surface area contributed by atoms with Gasteiger partial charge in [-0.2, -0.15) is 5.21 Å². The number of aryl methyl sites for hydroxylation is 1. The fourth-order valence-electron chi connectivity index (χ4n) is 1.87. The molecule has 0 bridgehead atoms. The Labute approximate surface area is 126 Å². The Morgan fingerprint density at radius 3 is 2.85 bits per heavy atom. The van der Waals surface area contributed by atoms with Gasteiger partial charge in [-0.15, -0.1) is 21.5 Å². The summed E-state index contributed by atoms with van der Waals surface area (Å²) >= 11 is 7.34. The molecule has 2 rings (SSSR count). The molecule has 0 aliphatic heterocycles. The molecule has 2 aromatic heterocycles. The summed E-state index contributed by atoms with van der Waals surface area (Å²) in [5.41, 5.74) is 0.933. The number of carbonyl (C=O) groups excluding carboxylic acids is 1. The standard InChI is InChI=1S/C12H16ClN5OS/c1-4-18(6-8(3)11-14-16-17-15-11)12(19)9-5-7(2)10(13)20-9/h5,8H,4,6H2,1-3H3,(H,14,15,16,17). The zero-order valence-electron chi connectivity index (χ0n) is 11.6. The van der Waals surface area contributed by atoms with Crippen molar-refractivity contribution in [1.82, 2.24) is 25.5 Å². The lowest BCUT2D eigenvalue weighted by Gasteiger charge is -2.22. The predicted octanol–water partition coefficient (Wildman–Crippen LogP) is 2.49. The number of halogens is 1. The quantitative estimate of drug-likeness (QED) is 0.920. The summed E-state index contributed by atoms with van der Waals surface area (Å²) in [4.78, 5) is 14.9. The van der Waals surface area contributed by atoms with Crippen molar-refractivity contribution >= 4 is 28.8 Å². The van der Waals surface area contributed by atoms with Gasteiger partial charge >= 0.3 is 0 Å². The van der Waals surface area contributed by atoms with Gasteiger partial charge < -0.3 is 4.90 Å². The Morgan fingerprint density at radius 1 is 1.60 bits per heavy atom. The van der Waals surface area contributed by atoms with E-state index in [0.29, 0.717) is 28.1 Å². The minimum Gasteiger partial charge on any atom is -0.338 e. The van der Waals surface area contributed by atoms with E-state index in [1.807, 2.05) is 26.8 Å². The van der Waals surface area contributed by atoms with E-state index in [-0.39, 0.29) is 11.8 Å². The van der Waals surface area contributed by atoms with Crippen molar-refractivity contribution in [2.75, 3.05) is 13.1 Å². The van der Waals surface area contributed by atoms with Crippen LogP contribution in [-0.4, -0.2) is 44.5 Å². The number of H-pyrrole nitrogens is 1. The second-order valence-electron chi connectivity index (χ2n) is 4.58. The zero-order chi connectivity index (χ0) is 14.7. The Morgan fingerprint density at radius 2 is 2.35 bits per heavy atom. The summed E-state index contributed by atoms with van der Waals surface area (Å²) < 4.78 is 0.663. The van der Waals surface area contributed by atoms with Crippen LogP contribution in [0.15, 0.2) is 6.07 Å². The van der Waals surface area contributed by atoms with Gasteiger partial charge in [-0.1, -0.05) is 23.7 Å². The van der Waals surface area contributed by atoms with Crippen LogP contribution in [0.3, 0.4) is 0 Å². The number of rotatable bonds is 5. The fraction of sp³-hybridized carbons (Fsp3) is 0.500. The molecule has 0 fully saturated rings. The van der Waals surface area contributed by atoms with Gasteiger partial charge in [-0.05, 0) is 25.5 Å². The number of nitrogens with zero attached hydrogens (tertiary/aromatic N) is 4. The number of hydrogen-bond donors (Lipinski definition) is 1. The smallest absolute Gasteiger partial charge is 0.263 e. The van der Waals surface area contributed by atoms with Crippen molar-refractivity contribution in [2.24, 2.45) is 0 Å². The van der Waals surface area contributed by atoms with Crippen LogP contribution in [0.5, 0.6) is 0 Å². The highest BCUT2D eigenvalue weighted by Crippen LogP contribution is 2.28. The Balaban J connectivity index is 2.09. The van der Waals surface area contributed by atoms with Crippen molar-refractivity contribution in [3.63, 3.8) is 0 Å². The second-order valence-corrected chi connectivity index (χ2v) is 6.24. The molecule has 20 heavy (non-hydrogen) atoms. The maximum Gasteiger partial charge on any atom is 0.263 e. The van der Waals surface area contributed by atoms with Crippen LogP contribution in [0, 0.1) is 6.92 Å². The van der Waals surface area contributed by atoms with Crippen molar-refractivity contribution in [3.05, 3.63) is 26.7 Å². The van der Waals surface area contributed by atoms with Crippen LogP contribution in [0.1, 0.15) is 40.8 Å². The number of thiophene rings is 1. The van der Waals surface area contributed by atoms with E-state index in [0.717, 1.165) is 5.56 Å². The van der Waals surface area contributed by atoms with Gasteiger partial charge in [0.05, 0.1) is 9.21 Å². The minimum absolute atomic E-state index is 0.0113. The highest BCUT2D eigenvalue weighted by molar-refractivity contribution is 7.18. The minimum atomic E-state index is -0.0113. The predicted molar refractivity (Wildman–Crippen MR) is 78.2 cm³/mol. The number of aromatic amines is 1. The van der Waals surface area contributed by atoms with E-state index < -0.39 is 0 Å². The fourth-order valence-corrected chi connectivity index (χ4v) is 3.04. The second kappa shape index (κ2) is 6.32. The topological polar surface area (TPSA) is 74.8 Å². The van der Waals surface area contributed by atoms with Crippen molar-refractivity contribution in [2.45, 2.75) is 26.7 Å². The van der Waals surface area contributed by atoms with E-state index in [1.165, 1.54) is 11.3 Å². The maximum absolute atomic E-state index is 12.5. The first kappa shape index (κ1) is 14.9. The van der Waals surface area contributed by atoms with Crippen LogP contribution in [0.2, 0.25) is 4.34 Å². The molecular weight excluding hydrogens is 298 g/mol. The Hall–Kier alpha value is -1.47. The molecular formula is C12H16ClN5OS. The van der Waals surface area contributed by atoms with Gasteiger partial charge in [0.2, 0.25) is 0 Å². The van der Waals surface area contributed by atoms with Gasteiger partial charge in [0.25, 0.3) is 5.91 Å². The van der Waals surface area contributed by atoms with Crippen LogP contribution >= 0.6 is 22.9 Å². The highest BCUT2D eigenvalue weighted by Gasteiger charge is 2.21. The van der Waals surface area contributed by atoms with Crippen LogP contribution in [0.4, 0.5) is 0 Å². The van der Waals surface area contributed by atoms with Gasteiger partial charge in [-0.25, -0.2) is 0 Å². The third-order valence-electron chi connectivity index (χ3n) is 3.03. The van der Waals surface area contributed by atoms with E-state index in [9.17, 15) is 4.79 Å². The number of tetrazole rings is 1. The number of aromatic nitrogens is 4. The third-order valence-corrected chi connectivity index (χ3v) is 4.58. The van der Waals surface area contributed by atoms with Crippen LogP contribution in [-0.2, 0) is 0 Å². The Kier molecular flexibility index (Phi) is 4.72. The molecule has 0 saturated carbocycles. The SMILES string of the molecule is CCN(CC(C)c1nn[nH]n1)C(=O)c1cc(C)c(Cl)s1. The van der Waals surface area contributed by atoms with Gasteiger partial charge in [0.15, 0.2) is 5.82 Å². The summed E-state index contributed by atoms with van der Waals surface area (Å²) in [6.07, 6.45) is 0. The summed E-state index contributed by atoms with van der Waals surface area (Å²) in [5.74, 6) is 0.619. The van der Waals surface area contributed by atoms with Crippen LogP contribution < -0.4 is 0 Å². The van der Waals surface area contributed by atoms with Crippen molar-refractivity contribution in [3.8, 4) is 0 Å². The number of carbonyl (C=O) groups is 1. The summed E-state index contributed by atoms with van der Waals surface area (Å²) in [5, 5.41) is 13.9. The first-order chi connectivity index (χ1) is 9.52. The molecule has 2 aromatic rings. The van der Waals surface area contributed by atoms with E-state index in [4.69, 9.17) is 11.6 Å². The molecule has 0 radical (unpaired) electrons. The summed E-state index contributed by atoms with van der Waals surface area (Å²) in [7, 11) is 0. The van der Waals surface area contributed by atoms with Crippen molar-refractivity contribution < 1.29 is 4.79 Å². The summed E-state index contributed by atoms with van der Waals surface area (Å²) in [6.45, 7) is 6.98. The molecule has 1 atom stereocenters. The van der Waals surface area contributed by atoms with Gasteiger partial charge in [-0.3, -0.25) is 4.79 Å². The Bertz CT molecular complexity index is 563. The van der Waals surface area contributed by atoms with Crippen LogP contribution in [0.25, 0.3) is 0 Å². The molecule has 1 amide bonds. The molecule has 0 saturated heterocycles. The number of amides is 1. The average molecular weight is 314 g/mol. The molecule has 0 aliphatic rings. The molecule has 0 spiro atoms. The molecule has 2 heterocycles. The molecule has 1 N–H and O–H groups in total. The molecule has 0 aromatic carbocycles. The normalized spacial score (nSPS) is 12.4. The molecule has 108 valence electrons. The molecule has 8 heteroatoms. The monoisotopic (exact) mass is 313 g/mol. The summed E-state index contributed by atoms with van der Waals surface area (Å²) in [6, 6.07) is 1.83. The first-order valence-electron chi connectivity index (χ1n) is 6.31. The first-order valence-corrected chi connectivity index (χ1v) is 7.51.